The number of phenolic OH excluding ortho intramolecular Hbond substituents is 1. The molecular formula is C19H18N2O3. The fourth-order valence-electron chi connectivity index (χ4n) is 1.97. The van der Waals surface area contributed by atoms with Crippen molar-refractivity contribution in [1.82, 2.24) is 0 Å². The number of hydrogen-bond acceptors (Lipinski definition) is 4. The Morgan fingerprint density at radius 1 is 1.29 bits per heavy atom. The Labute approximate surface area is 140 Å². The summed E-state index contributed by atoms with van der Waals surface area (Å²) in [6.45, 7) is 2.63. The molecule has 0 fully saturated rings. The topological polar surface area (TPSA) is 82.3 Å². The molecule has 0 saturated heterocycles. The zero-order valence-corrected chi connectivity index (χ0v) is 13.3. The number of amides is 1. The number of nitrogens with zero attached hydrogens (tertiary/aromatic N) is 1. The summed E-state index contributed by atoms with van der Waals surface area (Å²) in [5.74, 6) is 0.290. The van der Waals surface area contributed by atoms with E-state index < -0.39 is 5.91 Å². The molecule has 5 nitrogen and oxygen atoms in total. The van der Waals surface area contributed by atoms with Crippen LogP contribution < -0.4 is 10.1 Å². The van der Waals surface area contributed by atoms with Crippen molar-refractivity contribution in [2.75, 3.05) is 11.9 Å². The van der Waals surface area contributed by atoms with Crippen LogP contribution in [0.3, 0.4) is 0 Å². The van der Waals surface area contributed by atoms with Gasteiger partial charge in [-0.3, -0.25) is 4.79 Å². The van der Waals surface area contributed by atoms with Gasteiger partial charge < -0.3 is 15.2 Å². The molecule has 0 unspecified atom stereocenters. The molecule has 24 heavy (non-hydrogen) atoms. The van der Waals surface area contributed by atoms with Gasteiger partial charge in [0.05, 0.1) is 6.61 Å². The minimum absolute atomic E-state index is 0.0179. The summed E-state index contributed by atoms with van der Waals surface area (Å²) >= 11 is 0. The summed E-state index contributed by atoms with van der Waals surface area (Å²) in [7, 11) is 0. The molecule has 0 aliphatic carbocycles. The van der Waals surface area contributed by atoms with Gasteiger partial charge in [0.25, 0.3) is 5.91 Å². The maximum atomic E-state index is 12.2. The van der Waals surface area contributed by atoms with Gasteiger partial charge in [-0.1, -0.05) is 19.1 Å². The molecule has 0 bridgehead atoms. The molecular weight excluding hydrogens is 304 g/mol. The second-order valence-corrected chi connectivity index (χ2v) is 5.09. The molecule has 0 aromatic heterocycles. The Bertz CT molecular complexity index is 774. The fraction of sp³-hybridized carbons (Fsp3) is 0.158. The van der Waals surface area contributed by atoms with Crippen LogP contribution in [0.1, 0.15) is 18.9 Å². The standard InChI is InChI=1S/C19H18N2O3/c1-2-10-24-18-5-3-4-14(12-18)11-15(13-20)19(23)21-16-6-8-17(22)9-7-16/h3-9,11-12,22H,2,10H2,1H3,(H,21,23)/b15-11-. The van der Waals surface area contributed by atoms with E-state index in [4.69, 9.17) is 4.74 Å². The Morgan fingerprint density at radius 2 is 2.04 bits per heavy atom. The Kier molecular flexibility index (Phi) is 5.98. The Hall–Kier alpha value is -3.26. The van der Waals surface area contributed by atoms with E-state index in [0.29, 0.717) is 23.6 Å². The predicted molar refractivity (Wildman–Crippen MR) is 92.6 cm³/mol. The molecule has 0 heterocycles. The Morgan fingerprint density at radius 3 is 2.71 bits per heavy atom. The fourth-order valence-corrected chi connectivity index (χ4v) is 1.97. The highest BCUT2D eigenvalue weighted by Gasteiger charge is 2.09. The van der Waals surface area contributed by atoms with E-state index >= 15 is 0 Å². The molecule has 2 aromatic rings. The molecule has 1 amide bonds. The number of benzene rings is 2. The van der Waals surface area contributed by atoms with Crippen molar-refractivity contribution in [3.05, 3.63) is 59.7 Å². The maximum absolute atomic E-state index is 12.2. The van der Waals surface area contributed by atoms with E-state index in [1.165, 1.54) is 18.2 Å². The monoisotopic (exact) mass is 322 g/mol. The lowest BCUT2D eigenvalue weighted by atomic mass is 10.1. The minimum Gasteiger partial charge on any atom is -0.508 e. The predicted octanol–water partition coefficient (Wildman–Crippen LogP) is 3.73. The summed E-state index contributed by atoms with van der Waals surface area (Å²) in [6.07, 6.45) is 2.41. The van der Waals surface area contributed by atoms with E-state index in [2.05, 4.69) is 5.32 Å². The number of phenols is 1. The summed E-state index contributed by atoms with van der Waals surface area (Å²) in [6, 6.07) is 15.1. The lowest BCUT2D eigenvalue weighted by Crippen LogP contribution is -2.13. The second-order valence-electron chi connectivity index (χ2n) is 5.09. The van der Waals surface area contributed by atoms with Gasteiger partial charge in [-0.25, -0.2) is 0 Å². The first-order valence-electron chi connectivity index (χ1n) is 7.57. The number of aromatic hydroxyl groups is 1. The highest BCUT2D eigenvalue weighted by Crippen LogP contribution is 2.18. The molecule has 0 radical (unpaired) electrons. The van der Waals surface area contributed by atoms with Crippen LogP contribution in [0.2, 0.25) is 0 Å². The molecule has 2 N–H and O–H groups in total. The molecule has 0 spiro atoms. The van der Waals surface area contributed by atoms with Gasteiger partial charge in [0.15, 0.2) is 0 Å². The van der Waals surface area contributed by atoms with Crippen molar-refractivity contribution < 1.29 is 14.6 Å². The molecule has 2 aromatic carbocycles. The number of hydrogen-bond donors (Lipinski definition) is 2. The van der Waals surface area contributed by atoms with Crippen molar-refractivity contribution >= 4 is 17.7 Å². The van der Waals surface area contributed by atoms with Crippen molar-refractivity contribution in [3.63, 3.8) is 0 Å². The van der Waals surface area contributed by atoms with Crippen LogP contribution in [0.25, 0.3) is 6.08 Å². The lowest BCUT2D eigenvalue weighted by molar-refractivity contribution is -0.112. The van der Waals surface area contributed by atoms with Crippen LogP contribution in [0.4, 0.5) is 5.69 Å². The minimum atomic E-state index is -0.511. The average Bonchev–Trinajstić information content (AvgIpc) is 2.60. The van der Waals surface area contributed by atoms with Gasteiger partial charge in [0.2, 0.25) is 0 Å². The number of rotatable bonds is 6. The number of carbonyl (C=O) groups excluding carboxylic acids is 1. The van der Waals surface area contributed by atoms with E-state index in [1.807, 2.05) is 25.1 Å². The third kappa shape index (κ3) is 4.89. The smallest absolute Gasteiger partial charge is 0.266 e. The highest BCUT2D eigenvalue weighted by atomic mass is 16.5. The van der Waals surface area contributed by atoms with E-state index in [0.717, 1.165) is 6.42 Å². The quantitative estimate of drug-likeness (QED) is 0.482. The van der Waals surface area contributed by atoms with Gasteiger partial charge in [0.1, 0.15) is 23.1 Å². The zero-order chi connectivity index (χ0) is 17.4. The van der Waals surface area contributed by atoms with Gasteiger partial charge in [0, 0.05) is 5.69 Å². The first-order valence-corrected chi connectivity index (χ1v) is 7.57. The molecule has 0 atom stereocenters. The molecule has 122 valence electrons. The van der Waals surface area contributed by atoms with Gasteiger partial charge >= 0.3 is 0 Å². The Balaban J connectivity index is 2.14. The summed E-state index contributed by atoms with van der Waals surface area (Å²) < 4.78 is 5.54. The first kappa shape index (κ1) is 17.1. The van der Waals surface area contributed by atoms with E-state index in [-0.39, 0.29) is 11.3 Å². The SMILES string of the molecule is CCCOc1cccc(/C=C(/C#N)C(=O)Nc2ccc(O)cc2)c1. The second kappa shape index (κ2) is 8.39. The van der Waals surface area contributed by atoms with Crippen LogP contribution in [-0.2, 0) is 4.79 Å². The third-order valence-corrected chi connectivity index (χ3v) is 3.13. The van der Waals surface area contributed by atoms with Crippen molar-refractivity contribution in [2.24, 2.45) is 0 Å². The normalized spacial score (nSPS) is 10.8. The lowest BCUT2D eigenvalue weighted by Gasteiger charge is -2.06. The molecule has 0 saturated carbocycles. The summed E-state index contributed by atoms with van der Waals surface area (Å²) in [5, 5.41) is 21.1. The van der Waals surface area contributed by atoms with Gasteiger partial charge in [-0.2, -0.15) is 5.26 Å². The van der Waals surface area contributed by atoms with E-state index in [9.17, 15) is 15.2 Å². The molecule has 0 aliphatic rings. The number of carbonyl (C=O) groups is 1. The molecule has 5 heteroatoms. The van der Waals surface area contributed by atoms with Crippen LogP contribution in [0.15, 0.2) is 54.1 Å². The maximum Gasteiger partial charge on any atom is 0.266 e. The van der Waals surface area contributed by atoms with Crippen molar-refractivity contribution in [2.45, 2.75) is 13.3 Å². The summed E-state index contributed by atoms with van der Waals surface area (Å²) in [5.41, 5.74) is 1.19. The first-order chi connectivity index (χ1) is 11.6. The largest absolute Gasteiger partial charge is 0.508 e. The number of nitriles is 1. The highest BCUT2D eigenvalue weighted by molar-refractivity contribution is 6.09. The number of anilines is 1. The van der Waals surface area contributed by atoms with Crippen molar-refractivity contribution in [1.29, 1.82) is 5.26 Å². The van der Waals surface area contributed by atoms with Crippen LogP contribution >= 0.6 is 0 Å². The van der Waals surface area contributed by atoms with Crippen LogP contribution in [0, 0.1) is 11.3 Å². The van der Waals surface area contributed by atoms with Gasteiger partial charge in [-0.05, 0) is 54.5 Å². The van der Waals surface area contributed by atoms with Crippen molar-refractivity contribution in [3.8, 4) is 17.6 Å². The average molecular weight is 322 g/mol. The molecule has 2 rings (SSSR count). The number of nitrogens with one attached hydrogen (secondary N) is 1. The van der Waals surface area contributed by atoms with Crippen LogP contribution in [-0.4, -0.2) is 17.6 Å². The summed E-state index contributed by atoms with van der Waals surface area (Å²) in [4.78, 5) is 12.2. The number of ether oxygens (including phenoxy) is 1. The third-order valence-electron chi connectivity index (χ3n) is 3.13. The van der Waals surface area contributed by atoms with Gasteiger partial charge in [-0.15, -0.1) is 0 Å². The van der Waals surface area contributed by atoms with Crippen LogP contribution in [0.5, 0.6) is 11.5 Å². The zero-order valence-electron chi connectivity index (χ0n) is 13.3. The van der Waals surface area contributed by atoms with E-state index in [1.54, 1.807) is 24.3 Å². The molecule has 0 aliphatic heterocycles.